The topological polar surface area (TPSA) is 45.2 Å². The predicted octanol–water partition coefficient (Wildman–Crippen LogP) is 3.11. The van der Waals surface area contributed by atoms with Gasteiger partial charge in [-0.25, -0.2) is 0 Å². The Labute approximate surface area is 121 Å². The number of halogens is 1. The van der Waals surface area contributed by atoms with E-state index < -0.39 is 0 Å². The van der Waals surface area contributed by atoms with Gasteiger partial charge in [0.15, 0.2) is 0 Å². The van der Waals surface area contributed by atoms with Gasteiger partial charge in [-0.05, 0) is 23.6 Å². The fraction of sp³-hybridized carbons (Fsp3) is 0.231. The Morgan fingerprint density at radius 2 is 2.26 bits per heavy atom. The lowest BCUT2D eigenvalue weighted by molar-refractivity contribution is 0.0822. The highest BCUT2D eigenvalue weighted by Crippen LogP contribution is 2.23. The monoisotopic (exact) mass is 295 g/mol. The van der Waals surface area contributed by atoms with Crippen molar-refractivity contribution in [1.29, 1.82) is 0 Å². The molecule has 0 saturated heterocycles. The molecule has 0 fully saturated rings. The molecule has 0 radical (unpaired) electrons. The van der Waals surface area contributed by atoms with Gasteiger partial charge in [0.25, 0.3) is 5.91 Å². The van der Waals surface area contributed by atoms with Gasteiger partial charge in [-0.1, -0.05) is 11.6 Å². The lowest BCUT2D eigenvalue weighted by Crippen LogP contribution is -2.22. The van der Waals surface area contributed by atoms with Crippen LogP contribution in [-0.2, 0) is 6.54 Å². The molecule has 0 atom stereocenters. The minimum atomic E-state index is -0.113. The summed E-state index contributed by atoms with van der Waals surface area (Å²) >= 11 is 7.63. The number of nitrogens with zero attached hydrogens (tertiary/aromatic N) is 2. The minimum absolute atomic E-state index is 0.113. The van der Waals surface area contributed by atoms with Crippen LogP contribution in [0.2, 0.25) is 5.02 Å². The van der Waals surface area contributed by atoms with Gasteiger partial charge < -0.3 is 10.2 Å². The summed E-state index contributed by atoms with van der Waals surface area (Å²) in [5.74, 6) is -0.113. The standard InChI is InChI=1S/C13H14ClN3OS/c1-17(2)13(18)11-7-9(3-5-15-11)16-8-12-10(14)4-6-19-12/h3-7H,8H2,1-2H3,(H,15,16). The fourth-order valence-electron chi connectivity index (χ4n) is 1.52. The Balaban J connectivity index is 2.07. The second-order valence-electron chi connectivity index (χ2n) is 4.17. The maximum Gasteiger partial charge on any atom is 0.272 e. The molecule has 2 rings (SSSR count). The van der Waals surface area contributed by atoms with Crippen molar-refractivity contribution in [2.75, 3.05) is 19.4 Å². The Morgan fingerprint density at radius 3 is 2.89 bits per heavy atom. The SMILES string of the molecule is CN(C)C(=O)c1cc(NCc2sccc2Cl)ccn1. The normalized spacial score (nSPS) is 10.3. The van der Waals surface area contributed by atoms with Crippen LogP contribution in [0.15, 0.2) is 29.8 Å². The van der Waals surface area contributed by atoms with E-state index in [1.807, 2.05) is 17.5 Å². The van der Waals surface area contributed by atoms with Crippen molar-refractivity contribution in [3.63, 3.8) is 0 Å². The number of amides is 1. The summed E-state index contributed by atoms with van der Waals surface area (Å²) in [5.41, 5.74) is 1.27. The third kappa shape index (κ3) is 3.45. The molecule has 2 heterocycles. The van der Waals surface area contributed by atoms with E-state index in [9.17, 15) is 4.79 Å². The molecule has 0 bridgehead atoms. The molecule has 100 valence electrons. The number of rotatable bonds is 4. The van der Waals surface area contributed by atoms with Crippen LogP contribution >= 0.6 is 22.9 Å². The molecule has 0 spiro atoms. The molecule has 19 heavy (non-hydrogen) atoms. The third-order valence-corrected chi connectivity index (χ3v) is 3.92. The molecule has 6 heteroatoms. The summed E-state index contributed by atoms with van der Waals surface area (Å²) in [5, 5.41) is 5.95. The number of aromatic nitrogens is 1. The first kappa shape index (κ1) is 13.8. The maximum atomic E-state index is 11.8. The van der Waals surface area contributed by atoms with E-state index in [-0.39, 0.29) is 5.91 Å². The first-order valence-electron chi connectivity index (χ1n) is 5.71. The molecule has 2 aromatic rings. The highest BCUT2D eigenvalue weighted by Gasteiger charge is 2.10. The molecule has 0 aliphatic carbocycles. The zero-order chi connectivity index (χ0) is 13.8. The summed E-state index contributed by atoms with van der Waals surface area (Å²) in [6.07, 6.45) is 1.62. The van der Waals surface area contributed by atoms with Crippen LogP contribution in [0.4, 0.5) is 5.69 Å². The van der Waals surface area contributed by atoms with Gasteiger partial charge in [0.05, 0.1) is 11.6 Å². The van der Waals surface area contributed by atoms with Gasteiger partial charge in [0.2, 0.25) is 0 Å². The molecule has 0 saturated carbocycles. The first-order valence-corrected chi connectivity index (χ1v) is 6.97. The summed E-state index contributed by atoms with van der Waals surface area (Å²) in [6, 6.07) is 5.44. The summed E-state index contributed by atoms with van der Waals surface area (Å²) < 4.78 is 0. The minimum Gasteiger partial charge on any atom is -0.380 e. The first-order chi connectivity index (χ1) is 9.08. The molecule has 0 aliphatic rings. The summed E-state index contributed by atoms with van der Waals surface area (Å²) in [6.45, 7) is 0.635. The van der Waals surface area contributed by atoms with Crippen LogP contribution in [-0.4, -0.2) is 29.9 Å². The van der Waals surface area contributed by atoms with Gasteiger partial charge in [0.1, 0.15) is 5.69 Å². The number of pyridine rings is 1. The van der Waals surface area contributed by atoms with Gasteiger partial charge in [-0.3, -0.25) is 9.78 Å². The van der Waals surface area contributed by atoms with Crippen molar-refractivity contribution in [3.05, 3.63) is 45.4 Å². The maximum absolute atomic E-state index is 11.8. The Kier molecular flexibility index (Phi) is 4.39. The number of thiophene rings is 1. The van der Waals surface area contributed by atoms with Crippen molar-refractivity contribution in [2.45, 2.75) is 6.54 Å². The Hall–Kier alpha value is -1.59. The molecule has 1 N–H and O–H groups in total. The van der Waals surface area contributed by atoms with Gasteiger partial charge in [-0.15, -0.1) is 11.3 Å². The van der Waals surface area contributed by atoms with Gasteiger partial charge >= 0.3 is 0 Å². The van der Waals surface area contributed by atoms with E-state index in [2.05, 4.69) is 10.3 Å². The predicted molar refractivity (Wildman–Crippen MR) is 78.9 cm³/mol. The average Bonchev–Trinajstić information content (AvgIpc) is 2.81. The molecule has 0 aliphatic heterocycles. The molecular formula is C13H14ClN3OS. The second kappa shape index (κ2) is 6.04. The number of hydrogen-bond donors (Lipinski definition) is 1. The van der Waals surface area contributed by atoms with Gasteiger partial charge in [0, 0.05) is 30.9 Å². The van der Waals surface area contributed by atoms with Crippen molar-refractivity contribution >= 4 is 34.5 Å². The third-order valence-electron chi connectivity index (χ3n) is 2.53. The number of anilines is 1. The number of hydrogen-bond acceptors (Lipinski definition) is 4. The average molecular weight is 296 g/mol. The van der Waals surface area contributed by atoms with Gasteiger partial charge in [-0.2, -0.15) is 0 Å². The van der Waals surface area contributed by atoms with E-state index >= 15 is 0 Å². The van der Waals surface area contributed by atoms with Crippen molar-refractivity contribution in [3.8, 4) is 0 Å². The lowest BCUT2D eigenvalue weighted by atomic mass is 10.3. The van der Waals surface area contributed by atoms with E-state index in [1.54, 1.807) is 37.7 Å². The molecule has 0 unspecified atom stereocenters. The van der Waals surface area contributed by atoms with Crippen LogP contribution < -0.4 is 5.32 Å². The van der Waals surface area contributed by atoms with Crippen molar-refractivity contribution in [2.24, 2.45) is 0 Å². The largest absolute Gasteiger partial charge is 0.380 e. The van der Waals surface area contributed by atoms with Crippen molar-refractivity contribution < 1.29 is 4.79 Å². The van der Waals surface area contributed by atoms with E-state index in [0.29, 0.717) is 12.2 Å². The zero-order valence-corrected chi connectivity index (χ0v) is 12.3. The second-order valence-corrected chi connectivity index (χ2v) is 5.58. The number of carbonyl (C=O) groups excluding carboxylic acids is 1. The fourth-order valence-corrected chi connectivity index (χ4v) is 2.56. The quantitative estimate of drug-likeness (QED) is 0.942. The van der Waals surface area contributed by atoms with Crippen molar-refractivity contribution in [1.82, 2.24) is 9.88 Å². The van der Waals surface area contributed by atoms with E-state index in [1.165, 1.54) is 4.90 Å². The Morgan fingerprint density at radius 1 is 1.47 bits per heavy atom. The zero-order valence-electron chi connectivity index (χ0n) is 10.7. The highest BCUT2D eigenvalue weighted by atomic mass is 35.5. The highest BCUT2D eigenvalue weighted by molar-refractivity contribution is 7.10. The summed E-state index contributed by atoms with van der Waals surface area (Å²) in [7, 11) is 3.41. The van der Waals surface area contributed by atoms with Crippen LogP contribution in [0, 0.1) is 0 Å². The smallest absolute Gasteiger partial charge is 0.272 e. The van der Waals surface area contributed by atoms with Crippen LogP contribution in [0.3, 0.4) is 0 Å². The lowest BCUT2D eigenvalue weighted by Gasteiger charge is -2.11. The number of nitrogens with one attached hydrogen (secondary N) is 1. The molecule has 1 amide bonds. The molecular weight excluding hydrogens is 282 g/mol. The number of carbonyl (C=O) groups is 1. The molecule has 4 nitrogen and oxygen atoms in total. The van der Waals surface area contributed by atoms with Crippen LogP contribution in [0.5, 0.6) is 0 Å². The molecule has 2 aromatic heterocycles. The van der Waals surface area contributed by atoms with Crippen LogP contribution in [0.25, 0.3) is 0 Å². The summed E-state index contributed by atoms with van der Waals surface area (Å²) in [4.78, 5) is 18.4. The molecule has 0 aromatic carbocycles. The van der Waals surface area contributed by atoms with E-state index in [4.69, 9.17) is 11.6 Å². The van der Waals surface area contributed by atoms with Crippen LogP contribution in [0.1, 0.15) is 15.4 Å². The Bertz CT molecular complexity index is 583. The van der Waals surface area contributed by atoms with E-state index in [0.717, 1.165) is 15.6 Å².